The smallest absolute Gasteiger partial charge is 0.319 e. The minimum absolute atomic E-state index is 0.0320. The third kappa shape index (κ3) is 5.01. The molecule has 3 amide bonds. The lowest BCUT2D eigenvalue weighted by Gasteiger charge is -2.11. The van der Waals surface area contributed by atoms with Gasteiger partial charge >= 0.3 is 6.03 Å². The Morgan fingerprint density at radius 2 is 1.62 bits per heavy atom. The van der Waals surface area contributed by atoms with E-state index >= 15 is 0 Å². The Morgan fingerprint density at radius 3 is 2.29 bits per heavy atom. The second-order valence-corrected chi connectivity index (χ2v) is 5.52. The van der Waals surface area contributed by atoms with E-state index in [1.54, 1.807) is 55.6 Å². The van der Waals surface area contributed by atoms with E-state index in [2.05, 4.69) is 16.0 Å². The average molecular weight is 327 g/mol. The molecule has 2 aromatic rings. The highest BCUT2D eigenvalue weighted by Gasteiger charge is 2.09. The molecule has 6 heteroatoms. The summed E-state index contributed by atoms with van der Waals surface area (Å²) in [6.45, 7) is 3.75. The van der Waals surface area contributed by atoms with Crippen LogP contribution in [0.4, 0.5) is 16.2 Å². The molecule has 0 aliphatic carbocycles. The van der Waals surface area contributed by atoms with Crippen molar-refractivity contribution in [3.05, 3.63) is 54.1 Å². The molecule has 0 heterocycles. The first-order valence-corrected chi connectivity index (χ1v) is 7.61. The second kappa shape index (κ2) is 8.01. The summed E-state index contributed by atoms with van der Waals surface area (Å²) < 4.78 is 5.13. The lowest BCUT2D eigenvalue weighted by atomic mass is 10.2. The van der Waals surface area contributed by atoms with Gasteiger partial charge in [-0.3, -0.25) is 4.79 Å². The minimum atomic E-state index is -0.310. The van der Waals surface area contributed by atoms with Crippen LogP contribution in [0.25, 0.3) is 0 Å². The van der Waals surface area contributed by atoms with Gasteiger partial charge in [0.2, 0.25) is 0 Å². The highest BCUT2D eigenvalue weighted by atomic mass is 16.5. The third-order valence-corrected chi connectivity index (χ3v) is 3.13. The molecule has 0 atom stereocenters. The van der Waals surface area contributed by atoms with Crippen LogP contribution in [0, 0.1) is 0 Å². The van der Waals surface area contributed by atoms with E-state index in [-0.39, 0.29) is 18.0 Å². The Kier molecular flexibility index (Phi) is 5.78. The van der Waals surface area contributed by atoms with E-state index < -0.39 is 0 Å². The van der Waals surface area contributed by atoms with Crippen molar-refractivity contribution < 1.29 is 14.3 Å². The number of amides is 3. The van der Waals surface area contributed by atoms with Crippen molar-refractivity contribution in [3.8, 4) is 5.75 Å². The van der Waals surface area contributed by atoms with Crippen LogP contribution < -0.4 is 20.7 Å². The topological polar surface area (TPSA) is 79.5 Å². The third-order valence-electron chi connectivity index (χ3n) is 3.13. The standard InChI is InChI=1S/C18H21N3O3/c1-12(2)19-18(23)21-14-7-4-6-13(10-14)17(22)20-15-8-5-9-16(11-15)24-3/h4-12H,1-3H3,(H,20,22)(H2,19,21,23). The average Bonchev–Trinajstić information content (AvgIpc) is 2.54. The number of methoxy groups -OCH3 is 1. The van der Waals surface area contributed by atoms with Gasteiger partial charge in [0.15, 0.2) is 0 Å². The van der Waals surface area contributed by atoms with Gasteiger partial charge in [-0.1, -0.05) is 12.1 Å². The minimum Gasteiger partial charge on any atom is -0.497 e. The zero-order valence-corrected chi connectivity index (χ0v) is 13.9. The molecule has 0 aliphatic heterocycles. The first-order valence-electron chi connectivity index (χ1n) is 7.61. The number of anilines is 2. The molecule has 0 fully saturated rings. The number of benzene rings is 2. The molecule has 0 aromatic heterocycles. The summed E-state index contributed by atoms with van der Waals surface area (Å²) in [6, 6.07) is 13.6. The van der Waals surface area contributed by atoms with E-state index in [0.717, 1.165) is 0 Å². The molecule has 0 saturated heterocycles. The first kappa shape index (κ1) is 17.3. The molecule has 2 aromatic carbocycles. The van der Waals surface area contributed by atoms with E-state index in [0.29, 0.717) is 22.7 Å². The van der Waals surface area contributed by atoms with Crippen molar-refractivity contribution in [2.75, 3.05) is 17.7 Å². The number of urea groups is 1. The second-order valence-electron chi connectivity index (χ2n) is 5.52. The lowest BCUT2D eigenvalue weighted by molar-refractivity contribution is 0.102. The highest BCUT2D eigenvalue weighted by molar-refractivity contribution is 6.05. The quantitative estimate of drug-likeness (QED) is 0.786. The fourth-order valence-electron chi connectivity index (χ4n) is 2.07. The van der Waals surface area contributed by atoms with Crippen LogP contribution in [0.5, 0.6) is 5.75 Å². The number of carbonyl (C=O) groups excluding carboxylic acids is 2. The van der Waals surface area contributed by atoms with Crippen molar-refractivity contribution >= 4 is 23.3 Å². The largest absolute Gasteiger partial charge is 0.497 e. The zero-order valence-electron chi connectivity index (χ0n) is 13.9. The summed E-state index contributed by atoms with van der Waals surface area (Å²) in [5.74, 6) is 0.393. The van der Waals surface area contributed by atoms with E-state index in [1.165, 1.54) is 0 Å². The molecule has 0 radical (unpaired) electrons. The Morgan fingerprint density at radius 1 is 0.958 bits per heavy atom. The molecule has 3 N–H and O–H groups in total. The van der Waals surface area contributed by atoms with Crippen LogP contribution in [0.3, 0.4) is 0 Å². The molecular weight excluding hydrogens is 306 g/mol. The first-order chi connectivity index (χ1) is 11.5. The summed E-state index contributed by atoms with van der Waals surface area (Å²) in [5, 5.41) is 8.23. The maximum absolute atomic E-state index is 12.3. The van der Waals surface area contributed by atoms with Gasteiger partial charge in [0.1, 0.15) is 5.75 Å². The van der Waals surface area contributed by atoms with Crippen molar-refractivity contribution in [1.29, 1.82) is 0 Å². The van der Waals surface area contributed by atoms with E-state index in [4.69, 9.17) is 4.74 Å². The molecule has 2 rings (SSSR count). The van der Waals surface area contributed by atoms with Crippen molar-refractivity contribution in [2.45, 2.75) is 19.9 Å². The number of hydrogen-bond donors (Lipinski definition) is 3. The van der Waals surface area contributed by atoms with Crippen molar-refractivity contribution in [2.24, 2.45) is 0 Å². The molecule has 6 nitrogen and oxygen atoms in total. The number of hydrogen-bond acceptors (Lipinski definition) is 3. The van der Waals surface area contributed by atoms with Crippen LogP contribution in [0.1, 0.15) is 24.2 Å². The number of carbonyl (C=O) groups is 2. The lowest BCUT2D eigenvalue weighted by Crippen LogP contribution is -2.34. The van der Waals surface area contributed by atoms with Crippen LogP contribution >= 0.6 is 0 Å². The Balaban J connectivity index is 2.07. The molecule has 0 aliphatic rings. The van der Waals surface area contributed by atoms with Crippen LogP contribution in [-0.2, 0) is 0 Å². The van der Waals surface area contributed by atoms with E-state index in [1.807, 2.05) is 13.8 Å². The summed E-state index contributed by atoms with van der Waals surface area (Å²) in [4.78, 5) is 24.1. The fourth-order valence-corrected chi connectivity index (χ4v) is 2.07. The highest BCUT2D eigenvalue weighted by Crippen LogP contribution is 2.18. The number of nitrogens with one attached hydrogen (secondary N) is 3. The van der Waals surface area contributed by atoms with Gasteiger partial charge in [0, 0.05) is 29.0 Å². The number of ether oxygens (including phenoxy) is 1. The Hall–Kier alpha value is -3.02. The van der Waals surface area contributed by atoms with E-state index in [9.17, 15) is 9.59 Å². The molecule has 0 saturated carbocycles. The molecule has 24 heavy (non-hydrogen) atoms. The monoisotopic (exact) mass is 327 g/mol. The summed E-state index contributed by atoms with van der Waals surface area (Å²) in [6.07, 6.45) is 0. The predicted octanol–water partition coefficient (Wildman–Crippen LogP) is 3.48. The Labute approximate surface area is 141 Å². The normalized spacial score (nSPS) is 10.2. The SMILES string of the molecule is COc1cccc(NC(=O)c2cccc(NC(=O)NC(C)C)c2)c1. The molecule has 0 unspecified atom stereocenters. The van der Waals surface area contributed by atoms with Gasteiger partial charge in [-0.25, -0.2) is 4.79 Å². The van der Waals surface area contributed by atoms with Gasteiger partial charge in [0.05, 0.1) is 7.11 Å². The zero-order chi connectivity index (χ0) is 17.5. The van der Waals surface area contributed by atoms with Crippen LogP contribution in [0.15, 0.2) is 48.5 Å². The summed E-state index contributed by atoms with van der Waals surface area (Å²) in [7, 11) is 1.57. The molecule has 126 valence electrons. The van der Waals surface area contributed by atoms with Gasteiger partial charge in [-0.2, -0.15) is 0 Å². The van der Waals surface area contributed by atoms with Crippen LogP contribution in [0.2, 0.25) is 0 Å². The maximum Gasteiger partial charge on any atom is 0.319 e. The Bertz CT molecular complexity index is 729. The van der Waals surface area contributed by atoms with Gasteiger partial charge in [-0.05, 0) is 44.2 Å². The maximum atomic E-state index is 12.3. The fraction of sp³-hybridized carbons (Fsp3) is 0.222. The summed E-state index contributed by atoms with van der Waals surface area (Å²) in [5.41, 5.74) is 1.63. The predicted molar refractivity (Wildman–Crippen MR) is 94.7 cm³/mol. The molecule has 0 bridgehead atoms. The molecule has 0 spiro atoms. The van der Waals surface area contributed by atoms with Crippen molar-refractivity contribution in [1.82, 2.24) is 5.32 Å². The summed E-state index contributed by atoms with van der Waals surface area (Å²) >= 11 is 0. The van der Waals surface area contributed by atoms with Crippen molar-refractivity contribution in [3.63, 3.8) is 0 Å². The number of rotatable bonds is 5. The van der Waals surface area contributed by atoms with Crippen LogP contribution in [-0.4, -0.2) is 25.1 Å². The van der Waals surface area contributed by atoms with Gasteiger partial charge < -0.3 is 20.7 Å². The van der Waals surface area contributed by atoms with Gasteiger partial charge in [-0.15, -0.1) is 0 Å². The molecular formula is C18H21N3O3. The van der Waals surface area contributed by atoms with Gasteiger partial charge in [0.25, 0.3) is 5.91 Å².